The van der Waals surface area contributed by atoms with Gasteiger partial charge in [-0.1, -0.05) is 6.92 Å². The first-order valence-electron chi connectivity index (χ1n) is 5.88. The topological polar surface area (TPSA) is 72.3 Å². The predicted molar refractivity (Wildman–Crippen MR) is 61.0 cm³/mol. The van der Waals surface area contributed by atoms with Gasteiger partial charge in [0.1, 0.15) is 11.7 Å². The zero-order valence-corrected chi connectivity index (χ0v) is 9.80. The van der Waals surface area contributed by atoms with Crippen LogP contribution < -0.4 is 4.74 Å². The van der Waals surface area contributed by atoms with E-state index in [1.807, 2.05) is 0 Å². The SMILES string of the molecule is CC1CCC(Oc2nnccc2C(=O)O)CC1. The minimum absolute atomic E-state index is 0.0704. The molecule has 5 nitrogen and oxygen atoms in total. The molecular formula is C12H16N2O3. The summed E-state index contributed by atoms with van der Waals surface area (Å²) in [5.41, 5.74) is 0.0821. The van der Waals surface area contributed by atoms with Gasteiger partial charge < -0.3 is 9.84 Å². The van der Waals surface area contributed by atoms with E-state index in [0.29, 0.717) is 0 Å². The van der Waals surface area contributed by atoms with E-state index in [1.54, 1.807) is 0 Å². The maximum Gasteiger partial charge on any atom is 0.341 e. The third-order valence-corrected chi connectivity index (χ3v) is 3.16. The highest BCUT2D eigenvalue weighted by Gasteiger charge is 2.22. The lowest BCUT2D eigenvalue weighted by Gasteiger charge is -2.26. The Labute approximate surface area is 99.8 Å². The van der Waals surface area contributed by atoms with Crippen LogP contribution in [-0.4, -0.2) is 27.4 Å². The molecule has 0 atom stereocenters. The number of carboxylic acid groups (broad SMARTS) is 1. The van der Waals surface area contributed by atoms with Crippen LogP contribution >= 0.6 is 0 Å². The number of aromatic nitrogens is 2. The Kier molecular flexibility index (Phi) is 3.56. The molecule has 1 aromatic heterocycles. The van der Waals surface area contributed by atoms with Crippen molar-refractivity contribution in [1.82, 2.24) is 10.2 Å². The van der Waals surface area contributed by atoms with Crippen LogP contribution in [0.15, 0.2) is 12.3 Å². The van der Waals surface area contributed by atoms with Gasteiger partial charge in [0.2, 0.25) is 5.88 Å². The maximum atomic E-state index is 11.0. The molecule has 1 heterocycles. The van der Waals surface area contributed by atoms with Gasteiger partial charge in [0.25, 0.3) is 0 Å². The fraction of sp³-hybridized carbons (Fsp3) is 0.583. The van der Waals surface area contributed by atoms with E-state index in [9.17, 15) is 4.79 Å². The van der Waals surface area contributed by atoms with E-state index >= 15 is 0 Å². The number of carboxylic acids is 1. The van der Waals surface area contributed by atoms with Gasteiger partial charge in [-0.05, 0) is 37.7 Å². The molecule has 0 bridgehead atoms. The molecule has 0 spiro atoms. The lowest BCUT2D eigenvalue weighted by molar-refractivity contribution is 0.0680. The molecule has 1 N–H and O–H groups in total. The molecule has 1 fully saturated rings. The molecule has 1 aliphatic rings. The molecule has 5 heteroatoms. The van der Waals surface area contributed by atoms with Crippen LogP contribution in [0.1, 0.15) is 43.0 Å². The van der Waals surface area contributed by atoms with Crippen LogP contribution in [0.5, 0.6) is 5.88 Å². The number of hydrogen-bond acceptors (Lipinski definition) is 4. The lowest BCUT2D eigenvalue weighted by Crippen LogP contribution is -2.24. The van der Waals surface area contributed by atoms with Crippen molar-refractivity contribution in [3.8, 4) is 5.88 Å². The average Bonchev–Trinajstić information content (AvgIpc) is 2.32. The van der Waals surface area contributed by atoms with Crippen LogP contribution in [0.2, 0.25) is 0 Å². The number of carbonyl (C=O) groups is 1. The van der Waals surface area contributed by atoms with Gasteiger partial charge in [-0.25, -0.2) is 4.79 Å². The van der Waals surface area contributed by atoms with E-state index < -0.39 is 5.97 Å². The maximum absolute atomic E-state index is 11.0. The second-order valence-electron chi connectivity index (χ2n) is 4.55. The normalized spacial score (nSPS) is 24.3. The number of nitrogens with zero attached hydrogens (tertiary/aromatic N) is 2. The fourth-order valence-electron chi connectivity index (χ4n) is 2.07. The van der Waals surface area contributed by atoms with Crippen molar-refractivity contribution in [2.24, 2.45) is 5.92 Å². The van der Waals surface area contributed by atoms with Crippen molar-refractivity contribution in [3.05, 3.63) is 17.8 Å². The van der Waals surface area contributed by atoms with Gasteiger partial charge >= 0.3 is 5.97 Å². The van der Waals surface area contributed by atoms with Crippen LogP contribution in [-0.2, 0) is 0 Å². The van der Waals surface area contributed by atoms with Crippen LogP contribution in [0, 0.1) is 5.92 Å². The molecule has 1 aromatic rings. The second-order valence-corrected chi connectivity index (χ2v) is 4.55. The monoisotopic (exact) mass is 236 g/mol. The molecule has 0 radical (unpaired) electrons. The van der Waals surface area contributed by atoms with E-state index in [1.165, 1.54) is 12.3 Å². The first-order chi connectivity index (χ1) is 8.16. The van der Waals surface area contributed by atoms with Crippen LogP contribution in [0.25, 0.3) is 0 Å². The molecule has 1 saturated carbocycles. The highest BCUT2D eigenvalue weighted by molar-refractivity contribution is 5.89. The van der Waals surface area contributed by atoms with Gasteiger partial charge in [-0.2, -0.15) is 5.10 Å². The summed E-state index contributed by atoms with van der Waals surface area (Å²) >= 11 is 0. The first kappa shape index (κ1) is 11.8. The first-order valence-corrected chi connectivity index (χ1v) is 5.88. The molecule has 1 aliphatic carbocycles. The Bertz CT molecular complexity index is 400. The Morgan fingerprint density at radius 1 is 1.41 bits per heavy atom. The summed E-state index contributed by atoms with van der Waals surface area (Å²) in [4.78, 5) is 11.0. The quantitative estimate of drug-likeness (QED) is 0.870. The summed E-state index contributed by atoms with van der Waals surface area (Å²) in [6.07, 6.45) is 5.58. The average molecular weight is 236 g/mol. The summed E-state index contributed by atoms with van der Waals surface area (Å²) in [6.45, 7) is 2.22. The van der Waals surface area contributed by atoms with Crippen LogP contribution in [0.4, 0.5) is 0 Å². The minimum atomic E-state index is -1.03. The molecule has 0 aliphatic heterocycles. The summed E-state index contributed by atoms with van der Waals surface area (Å²) in [5.74, 6) is -0.158. The Balaban J connectivity index is 2.05. The highest BCUT2D eigenvalue weighted by atomic mass is 16.5. The van der Waals surface area contributed by atoms with E-state index in [0.717, 1.165) is 31.6 Å². The Hall–Kier alpha value is -1.65. The molecule has 17 heavy (non-hydrogen) atoms. The molecule has 0 unspecified atom stereocenters. The molecule has 0 amide bonds. The highest BCUT2D eigenvalue weighted by Crippen LogP contribution is 2.27. The van der Waals surface area contributed by atoms with Gasteiger partial charge in [0.05, 0.1) is 6.20 Å². The van der Waals surface area contributed by atoms with E-state index in [2.05, 4.69) is 17.1 Å². The third kappa shape index (κ3) is 2.93. The van der Waals surface area contributed by atoms with Gasteiger partial charge in [0, 0.05) is 0 Å². The largest absolute Gasteiger partial charge is 0.477 e. The van der Waals surface area contributed by atoms with E-state index in [4.69, 9.17) is 9.84 Å². The molecular weight excluding hydrogens is 220 g/mol. The van der Waals surface area contributed by atoms with Crippen molar-refractivity contribution in [3.63, 3.8) is 0 Å². The van der Waals surface area contributed by atoms with E-state index in [-0.39, 0.29) is 17.5 Å². The lowest BCUT2D eigenvalue weighted by atomic mass is 9.89. The second kappa shape index (κ2) is 5.12. The van der Waals surface area contributed by atoms with Crippen LogP contribution in [0.3, 0.4) is 0 Å². The van der Waals surface area contributed by atoms with Crippen molar-refractivity contribution in [2.45, 2.75) is 38.7 Å². The number of rotatable bonds is 3. The zero-order chi connectivity index (χ0) is 12.3. The number of aromatic carboxylic acids is 1. The Morgan fingerprint density at radius 2 is 2.12 bits per heavy atom. The minimum Gasteiger partial charge on any atom is -0.477 e. The van der Waals surface area contributed by atoms with Crippen molar-refractivity contribution >= 4 is 5.97 Å². The summed E-state index contributed by atoms with van der Waals surface area (Å²) in [6, 6.07) is 1.41. The third-order valence-electron chi connectivity index (χ3n) is 3.16. The summed E-state index contributed by atoms with van der Waals surface area (Å²) in [5, 5.41) is 16.4. The van der Waals surface area contributed by atoms with Crippen molar-refractivity contribution in [1.29, 1.82) is 0 Å². The predicted octanol–water partition coefficient (Wildman–Crippen LogP) is 2.13. The number of hydrogen-bond donors (Lipinski definition) is 1. The van der Waals surface area contributed by atoms with Crippen molar-refractivity contribution < 1.29 is 14.6 Å². The van der Waals surface area contributed by atoms with Gasteiger partial charge in [0.15, 0.2) is 0 Å². The number of ether oxygens (including phenoxy) is 1. The van der Waals surface area contributed by atoms with Gasteiger partial charge in [-0.15, -0.1) is 5.10 Å². The fourth-order valence-corrected chi connectivity index (χ4v) is 2.07. The molecule has 0 aromatic carbocycles. The summed E-state index contributed by atoms with van der Waals surface area (Å²) < 4.78 is 5.64. The molecule has 0 saturated heterocycles. The molecule has 2 rings (SSSR count). The Morgan fingerprint density at radius 3 is 2.76 bits per heavy atom. The molecule has 92 valence electrons. The summed E-state index contributed by atoms with van der Waals surface area (Å²) in [7, 11) is 0. The smallest absolute Gasteiger partial charge is 0.341 e. The van der Waals surface area contributed by atoms with Crippen molar-refractivity contribution in [2.75, 3.05) is 0 Å². The zero-order valence-electron chi connectivity index (χ0n) is 9.80. The van der Waals surface area contributed by atoms with Gasteiger partial charge in [-0.3, -0.25) is 0 Å². The standard InChI is InChI=1S/C12H16N2O3/c1-8-2-4-9(5-3-8)17-11-10(12(15)16)6-7-13-14-11/h6-9H,2-5H2,1H3,(H,15,16).